The van der Waals surface area contributed by atoms with Gasteiger partial charge in [-0.1, -0.05) is 24.3 Å². The Morgan fingerprint density at radius 1 is 0.842 bits per heavy atom. The SMILES string of the molecule is O=c1ccccc(-c2ccc3ccccc3[o+]2)c1O. The molecule has 0 aliphatic heterocycles. The van der Waals surface area contributed by atoms with Gasteiger partial charge in [-0.25, -0.2) is 4.42 Å². The highest BCUT2D eigenvalue weighted by molar-refractivity contribution is 5.79. The molecule has 19 heavy (non-hydrogen) atoms. The summed E-state index contributed by atoms with van der Waals surface area (Å²) < 4.78 is 5.73. The maximum Gasteiger partial charge on any atom is 0.364 e. The van der Waals surface area contributed by atoms with Gasteiger partial charge >= 0.3 is 11.3 Å². The molecule has 2 aromatic carbocycles. The number of benzene rings is 1. The summed E-state index contributed by atoms with van der Waals surface area (Å²) >= 11 is 0. The summed E-state index contributed by atoms with van der Waals surface area (Å²) in [6.07, 6.45) is 0. The van der Waals surface area contributed by atoms with E-state index >= 15 is 0 Å². The molecule has 0 aliphatic carbocycles. The first kappa shape index (κ1) is 11.4. The van der Waals surface area contributed by atoms with Crippen molar-refractivity contribution in [2.75, 3.05) is 0 Å². The topological polar surface area (TPSA) is 48.6 Å². The molecule has 0 bridgehead atoms. The monoisotopic (exact) mass is 251 g/mol. The average Bonchev–Trinajstić information content (AvgIpc) is 2.61. The third-order valence-corrected chi connectivity index (χ3v) is 2.93. The van der Waals surface area contributed by atoms with E-state index in [0.29, 0.717) is 16.9 Å². The van der Waals surface area contributed by atoms with Crippen LogP contribution >= 0.6 is 0 Å². The largest absolute Gasteiger partial charge is 0.503 e. The summed E-state index contributed by atoms with van der Waals surface area (Å²) in [7, 11) is 0. The highest BCUT2D eigenvalue weighted by Crippen LogP contribution is 2.28. The number of para-hydroxylation sites is 1. The minimum absolute atomic E-state index is 0.302. The van der Waals surface area contributed by atoms with Gasteiger partial charge in [0.2, 0.25) is 5.43 Å². The van der Waals surface area contributed by atoms with Gasteiger partial charge in [0.1, 0.15) is 5.56 Å². The van der Waals surface area contributed by atoms with Crippen LogP contribution in [0, 0.1) is 0 Å². The van der Waals surface area contributed by atoms with Gasteiger partial charge in [0.05, 0.1) is 5.39 Å². The summed E-state index contributed by atoms with van der Waals surface area (Å²) in [6, 6.07) is 17.5. The van der Waals surface area contributed by atoms with Crippen molar-refractivity contribution in [1.29, 1.82) is 0 Å². The normalized spacial score (nSPS) is 10.5. The first-order valence-electron chi connectivity index (χ1n) is 5.90. The Labute approximate surface area is 109 Å². The minimum atomic E-state index is -0.427. The Bertz CT molecular complexity index is 810. The molecule has 3 heteroatoms. The quantitative estimate of drug-likeness (QED) is 0.674. The van der Waals surface area contributed by atoms with Crippen LogP contribution in [0.3, 0.4) is 0 Å². The number of rotatable bonds is 1. The maximum absolute atomic E-state index is 11.6. The van der Waals surface area contributed by atoms with Gasteiger partial charge in [0.25, 0.3) is 0 Å². The third kappa shape index (κ3) is 2.06. The Hall–Kier alpha value is -2.68. The predicted molar refractivity (Wildman–Crippen MR) is 74.0 cm³/mol. The Morgan fingerprint density at radius 2 is 1.58 bits per heavy atom. The van der Waals surface area contributed by atoms with Crippen LogP contribution in [0.15, 0.2) is 69.9 Å². The molecule has 0 saturated carbocycles. The molecule has 1 N–H and O–H groups in total. The summed E-state index contributed by atoms with van der Waals surface area (Å²) in [4.78, 5) is 11.6. The second kappa shape index (κ2) is 4.53. The van der Waals surface area contributed by atoms with Crippen LogP contribution in [0.1, 0.15) is 0 Å². The fraction of sp³-hybridized carbons (Fsp3) is 0. The zero-order chi connectivity index (χ0) is 13.2. The molecule has 0 aliphatic rings. The molecule has 1 aromatic heterocycles. The van der Waals surface area contributed by atoms with Crippen LogP contribution in [0.4, 0.5) is 0 Å². The van der Waals surface area contributed by atoms with E-state index in [2.05, 4.69) is 0 Å². The lowest BCUT2D eigenvalue weighted by Crippen LogP contribution is -1.94. The van der Waals surface area contributed by atoms with Crippen LogP contribution in [-0.2, 0) is 0 Å². The Balaban J connectivity index is 2.28. The van der Waals surface area contributed by atoms with Crippen LogP contribution in [0.25, 0.3) is 22.3 Å². The number of fused-ring (bicyclic) bond motifs is 1. The Kier molecular flexibility index (Phi) is 2.72. The molecule has 0 radical (unpaired) electrons. The molecule has 92 valence electrons. The summed E-state index contributed by atoms with van der Waals surface area (Å²) in [6.45, 7) is 0. The van der Waals surface area contributed by atoms with Crippen molar-refractivity contribution < 1.29 is 9.52 Å². The van der Waals surface area contributed by atoms with Crippen molar-refractivity contribution in [2.24, 2.45) is 0 Å². The summed E-state index contributed by atoms with van der Waals surface area (Å²) in [5.74, 6) is 0.161. The lowest BCUT2D eigenvalue weighted by molar-refractivity contribution is 0.470. The number of aromatic hydroxyl groups is 1. The minimum Gasteiger partial charge on any atom is -0.503 e. The summed E-state index contributed by atoms with van der Waals surface area (Å²) in [5.41, 5.74) is 0.669. The van der Waals surface area contributed by atoms with Crippen LogP contribution in [0.5, 0.6) is 5.75 Å². The molecular formula is C16H11O3+. The predicted octanol–water partition coefficient (Wildman–Crippen LogP) is 3.45. The third-order valence-electron chi connectivity index (χ3n) is 2.93. The maximum atomic E-state index is 11.6. The van der Waals surface area contributed by atoms with E-state index in [1.54, 1.807) is 24.3 Å². The number of hydrogen-bond donors (Lipinski definition) is 1. The molecule has 0 atom stereocenters. The van der Waals surface area contributed by atoms with Crippen LogP contribution in [0.2, 0.25) is 0 Å². The average molecular weight is 251 g/mol. The van der Waals surface area contributed by atoms with Crippen LogP contribution in [-0.4, -0.2) is 5.11 Å². The zero-order valence-electron chi connectivity index (χ0n) is 10.0. The lowest BCUT2D eigenvalue weighted by atomic mass is 10.1. The summed E-state index contributed by atoms with van der Waals surface area (Å²) in [5, 5.41) is 10.9. The van der Waals surface area contributed by atoms with Gasteiger partial charge in [-0.2, -0.15) is 0 Å². The van der Waals surface area contributed by atoms with Crippen molar-refractivity contribution >= 4 is 11.0 Å². The molecule has 0 amide bonds. The highest BCUT2D eigenvalue weighted by atomic mass is 16.3. The van der Waals surface area contributed by atoms with Gasteiger partial charge in [-0.3, -0.25) is 4.79 Å². The van der Waals surface area contributed by atoms with Crippen molar-refractivity contribution in [3.63, 3.8) is 0 Å². The van der Waals surface area contributed by atoms with Gasteiger partial charge < -0.3 is 5.11 Å². The van der Waals surface area contributed by atoms with Crippen molar-refractivity contribution in [1.82, 2.24) is 0 Å². The highest BCUT2D eigenvalue weighted by Gasteiger charge is 2.18. The van der Waals surface area contributed by atoms with E-state index in [1.807, 2.05) is 30.3 Å². The van der Waals surface area contributed by atoms with E-state index in [-0.39, 0.29) is 5.75 Å². The van der Waals surface area contributed by atoms with Gasteiger partial charge in [0, 0.05) is 12.1 Å². The van der Waals surface area contributed by atoms with Crippen LogP contribution < -0.4 is 5.43 Å². The van der Waals surface area contributed by atoms with E-state index in [4.69, 9.17) is 4.42 Å². The van der Waals surface area contributed by atoms with Gasteiger partial charge in [-0.15, -0.1) is 0 Å². The standard InChI is InChI=1S/C16H10O3/c17-13-7-3-2-6-12(16(13)18)15-10-9-11-5-1-4-8-14(11)19-15/h1-10H/p+1. The fourth-order valence-electron chi connectivity index (χ4n) is 1.96. The molecule has 0 unspecified atom stereocenters. The van der Waals surface area contributed by atoms with E-state index in [1.165, 1.54) is 6.07 Å². The lowest BCUT2D eigenvalue weighted by Gasteiger charge is -1.92. The second-order valence-electron chi connectivity index (χ2n) is 4.18. The zero-order valence-corrected chi connectivity index (χ0v) is 10.0. The first-order valence-corrected chi connectivity index (χ1v) is 5.90. The molecule has 3 aromatic rings. The van der Waals surface area contributed by atoms with E-state index < -0.39 is 5.43 Å². The fourth-order valence-corrected chi connectivity index (χ4v) is 1.96. The second-order valence-corrected chi connectivity index (χ2v) is 4.18. The molecule has 3 nitrogen and oxygen atoms in total. The molecular weight excluding hydrogens is 240 g/mol. The first-order chi connectivity index (χ1) is 9.25. The molecule has 1 heterocycles. The van der Waals surface area contributed by atoms with Gasteiger partial charge in [-0.05, 0) is 24.3 Å². The Morgan fingerprint density at radius 3 is 2.47 bits per heavy atom. The van der Waals surface area contributed by atoms with Crippen molar-refractivity contribution in [3.05, 3.63) is 70.9 Å². The molecule has 0 fully saturated rings. The van der Waals surface area contributed by atoms with Crippen molar-refractivity contribution in [3.8, 4) is 17.1 Å². The molecule has 0 spiro atoms. The number of hydrogen-bond acceptors (Lipinski definition) is 2. The van der Waals surface area contributed by atoms with E-state index in [0.717, 1.165) is 5.39 Å². The van der Waals surface area contributed by atoms with Crippen molar-refractivity contribution in [2.45, 2.75) is 0 Å². The van der Waals surface area contributed by atoms with Gasteiger partial charge in [0.15, 0.2) is 5.75 Å². The smallest absolute Gasteiger partial charge is 0.364 e. The van der Waals surface area contributed by atoms with E-state index in [9.17, 15) is 9.90 Å². The molecule has 3 rings (SSSR count). The molecule has 0 saturated heterocycles.